The third-order valence-electron chi connectivity index (χ3n) is 4.49. The van der Waals surface area contributed by atoms with Gasteiger partial charge in [0.15, 0.2) is 6.04 Å². The molecule has 1 fully saturated rings. The van der Waals surface area contributed by atoms with Gasteiger partial charge in [-0.3, -0.25) is 9.69 Å². The first kappa shape index (κ1) is 17.2. The molecule has 1 heterocycles. The fraction of sp³-hybridized carbons (Fsp3) is 0.300. The number of amides is 1. The molecule has 2 aromatic carbocycles. The van der Waals surface area contributed by atoms with E-state index in [0.29, 0.717) is 5.56 Å². The molecule has 0 bridgehead atoms. The Morgan fingerprint density at radius 2 is 1.64 bits per heavy atom. The number of ether oxygens (including phenoxy) is 1. The van der Waals surface area contributed by atoms with Crippen LogP contribution in [0.1, 0.15) is 31.1 Å². The lowest BCUT2D eigenvalue weighted by Crippen LogP contribution is -2.51. The highest BCUT2D eigenvalue weighted by molar-refractivity contribution is 6.03. The predicted octanol–water partition coefficient (Wildman–Crippen LogP) is 3.40. The van der Waals surface area contributed by atoms with Crippen molar-refractivity contribution >= 4 is 11.9 Å². The van der Waals surface area contributed by atoms with Crippen molar-refractivity contribution in [2.24, 2.45) is 0 Å². The fourth-order valence-electron chi connectivity index (χ4n) is 3.47. The van der Waals surface area contributed by atoms with Gasteiger partial charge in [-0.1, -0.05) is 48.5 Å². The third kappa shape index (κ3) is 3.03. The monoisotopic (exact) mass is 339 g/mol. The van der Waals surface area contributed by atoms with Gasteiger partial charge in [0.05, 0.1) is 6.10 Å². The number of hydrogen-bond acceptors (Lipinski definition) is 3. The number of benzene rings is 2. The maximum absolute atomic E-state index is 13.3. The standard InChI is InChI=1S/C20H21NO4/c1-13-17(19(23)24)21(20(2,3)25-13)18(22)16-12-8-7-11-15(16)14-9-5-4-6-10-14/h4-13,17H,1-3H3,(H,23,24)/t13-,17+/m1/s1. The molecule has 3 rings (SSSR count). The van der Waals surface area contributed by atoms with E-state index in [0.717, 1.165) is 11.1 Å². The topological polar surface area (TPSA) is 66.8 Å². The van der Waals surface area contributed by atoms with Gasteiger partial charge in [0.2, 0.25) is 0 Å². The first-order valence-electron chi connectivity index (χ1n) is 8.21. The van der Waals surface area contributed by atoms with Gasteiger partial charge in [0, 0.05) is 5.56 Å². The Hall–Kier alpha value is -2.66. The first-order chi connectivity index (χ1) is 11.8. The van der Waals surface area contributed by atoms with E-state index in [1.54, 1.807) is 32.9 Å². The molecule has 1 saturated heterocycles. The molecular formula is C20H21NO4. The molecule has 0 unspecified atom stereocenters. The van der Waals surface area contributed by atoms with Gasteiger partial charge in [-0.2, -0.15) is 0 Å². The minimum Gasteiger partial charge on any atom is -0.480 e. The number of carboxylic acid groups (broad SMARTS) is 1. The lowest BCUT2D eigenvalue weighted by atomic mass is 9.97. The molecule has 5 nitrogen and oxygen atoms in total. The average Bonchev–Trinajstić information content (AvgIpc) is 2.83. The summed E-state index contributed by atoms with van der Waals surface area (Å²) in [6.45, 7) is 5.11. The predicted molar refractivity (Wildman–Crippen MR) is 94.1 cm³/mol. The van der Waals surface area contributed by atoms with Crippen molar-refractivity contribution in [3.8, 4) is 11.1 Å². The molecule has 0 aromatic heterocycles. The summed E-state index contributed by atoms with van der Waals surface area (Å²) < 4.78 is 5.75. The average molecular weight is 339 g/mol. The van der Waals surface area contributed by atoms with Crippen LogP contribution in [0.15, 0.2) is 54.6 Å². The summed E-state index contributed by atoms with van der Waals surface area (Å²) in [5.41, 5.74) is 1.14. The molecule has 25 heavy (non-hydrogen) atoms. The molecule has 1 N–H and O–H groups in total. The molecule has 5 heteroatoms. The van der Waals surface area contributed by atoms with Gasteiger partial charge in [0.25, 0.3) is 5.91 Å². The molecule has 1 amide bonds. The second-order valence-corrected chi connectivity index (χ2v) is 6.64. The number of carboxylic acids is 1. The zero-order valence-corrected chi connectivity index (χ0v) is 14.5. The van der Waals surface area contributed by atoms with Gasteiger partial charge >= 0.3 is 5.97 Å². The molecular weight excluding hydrogens is 318 g/mol. The lowest BCUT2D eigenvalue weighted by molar-refractivity contribution is -0.142. The van der Waals surface area contributed by atoms with Crippen LogP contribution >= 0.6 is 0 Å². The van der Waals surface area contributed by atoms with E-state index in [-0.39, 0.29) is 5.91 Å². The Bertz CT molecular complexity index is 800. The highest BCUT2D eigenvalue weighted by Crippen LogP contribution is 2.35. The Balaban J connectivity index is 2.08. The van der Waals surface area contributed by atoms with E-state index < -0.39 is 23.8 Å². The molecule has 0 spiro atoms. The van der Waals surface area contributed by atoms with Gasteiger partial charge in [-0.15, -0.1) is 0 Å². The molecule has 2 atom stereocenters. The molecule has 1 aliphatic rings. The third-order valence-corrected chi connectivity index (χ3v) is 4.49. The highest BCUT2D eigenvalue weighted by Gasteiger charge is 2.51. The molecule has 0 radical (unpaired) electrons. The quantitative estimate of drug-likeness (QED) is 0.931. The molecule has 130 valence electrons. The van der Waals surface area contributed by atoms with Crippen LogP contribution in [0.25, 0.3) is 11.1 Å². The SMILES string of the molecule is C[C@H]1OC(C)(C)N(C(=O)c2ccccc2-c2ccccc2)[C@@H]1C(=O)O. The van der Waals surface area contributed by atoms with E-state index in [2.05, 4.69) is 0 Å². The van der Waals surface area contributed by atoms with Crippen molar-refractivity contribution in [3.63, 3.8) is 0 Å². The summed E-state index contributed by atoms with van der Waals surface area (Å²) in [6, 6.07) is 15.8. The zero-order valence-electron chi connectivity index (χ0n) is 14.5. The highest BCUT2D eigenvalue weighted by atomic mass is 16.5. The van der Waals surface area contributed by atoms with Crippen LogP contribution in [0.3, 0.4) is 0 Å². The number of carbonyl (C=O) groups is 2. The maximum Gasteiger partial charge on any atom is 0.329 e. The van der Waals surface area contributed by atoms with Gasteiger partial charge in [-0.25, -0.2) is 4.79 Å². The number of nitrogens with zero attached hydrogens (tertiary/aromatic N) is 1. The van der Waals surface area contributed by atoms with Crippen LogP contribution in [0.4, 0.5) is 0 Å². The summed E-state index contributed by atoms with van der Waals surface area (Å²) in [6.07, 6.45) is -0.583. The summed E-state index contributed by atoms with van der Waals surface area (Å²) in [4.78, 5) is 26.4. The van der Waals surface area contributed by atoms with Crippen LogP contribution in [-0.4, -0.2) is 39.8 Å². The van der Waals surface area contributed by atoms with Crippen LogP contribution in [0, 0.1) is 0 Å². The van der Waals surface area contributed by atoms with Crippen LogP contribution in [-0.2, 0) is 9.53 Å². The Morgan fingerprint density at radius 1 is 1.04 bits per heavy atom. The van der Waals surface area contributed by atoms with E-state index in [4.69, 9.17) is 4.74 Å². The molecule has 0 aliphatic carbocycles. The maximum atomic E-state index is 13.3. The lowest BCUT2D eigenvalue weighted by Gasteiger charge is -2.32. The minimum absolute atomic E-state index is 0.346. The Morgan fingerprint density at radius 3 is 2.28 bits per heavy atom. The smallest absolute Gasteiger partial charge is 0.329 e. The fourth-order valence-corrected chi connectivity index (χ4v) is 3.47. The number of rotatable bonds is 3. The molecule has 0 saturated carbocycles. The number of carbonyl (C=O) groups excluding carboxylic acids is 1. The molecule has 2 aromatic rings. The van der Waals surface area contributed by atoms with Crippen molar-refractivity contribution in [3.05, 3.63) is 60.2 Å². The van der Waals surface area contributed by atoms with E-state index in [1.807, 2.05) is 42.5 Å². The second kappa shape index (κ2) is 6.33. The largest absolute Gasteiger partial charge is 0.480 e. The van der Waals surface area contributed by atoms with Gasteiger partial charge < -0.3 is 9.84 Å². The summed E-state index contributed by atoms with van der Waals surface area (Å²) in [5.74, 6) is -1.41. The van der Waals surface area contributed by atoms with Crippen molar-refractivity contribution in [1.29, 1.82) is 0 Å². The van der Waals surface area contributed by atoms with E-state index >= 15 is 0 Å². The summed E-state index contributed by atoms with van der Waals surface area (Å²) in [7, 11) is 0. The normalized spacial score (nSPS) is 22.0. The number of hydrogen-bond donors (Lipinski definition) is 1. The van der Waals surface area contributed by atoms with Crippen molar-refractivity contribution < 1.29 is 19.4 Å². The van der Waals surface area contributed by atoms with Crippen LogP contribution < -0.4 is 0 Å². The Kier molecular flexibility index (Phi) is 4.35. The Labute approximate surface area is 146 Å². The second-order valence-electron chi connectivity index (χ2n) is 6.64. The zero-order chi connectivity index (χ0) is 18.2. The van der Waals surface area contributed by atoms with Gasteiger partial charge in [-0.05, 0) is 38.0 Å². The van der Waals surface area contributed by atoms with E-state index in [9.17, 15) is 14.7 Å². The summed E-state index contributed by atoms with van der Waals surface area (Å²) in [5, 5.41) is 9.59. The first-order valence-corrected chi connectivity index (χ1v) is 8.21. The van der Waals surface area contributed by atoms with Crippen LogP contribution in [0.2, 0.25) is 0 Å². The van der Waals surface area contributed by atoms with Crippen molar-refractivity contribution in [2.45, 2.75) is 38.6 Å². The van der Waals surface area contributed by atoms with Crippen molar-refractivity contribution in [2.75, 3.05) is 0 Å². The molecule has 1 aliphatic heterocycles. The van der Waals surface area contributed by atoms with E-state index in [1.165, 1.54) is 4.90 Å². The van der Waals surface area contributed by atoms with Crippen LogP contribution in [0.5, 0.6) is 0 Å². The summed E-state index contributed by atoms with van der Waals surface area (Å²) >= 11 is 0. The van der Waals surface area contributed by atoms with Gasteiger partial charge in [0.1, 0.15) is 5.72 Å². The minimum atomic E-state index is -1.07. The van der Waals surface area contributed by atoms with Crippen molar-refractivity contribution in [1.82, 2.24) is 4.90 Å². The number of aliphatic carboxylic acids is 1.